The third kappa shape index (κ3) is 6.96. The summed E-state index contributed by atoms with van der Waals surface area (Å²) in [7, 11) is 0. The zero-order valence-electron chi connectivity index (χ0n) is 15.9. The lowest BCUT2D eigenvalue weighted by atomic mass is 10.2. The summed E-state index contributed by atoms with van der Waals surface area (Å²) in [5, 5.41) is 4.69. The number of rotatable bonds is 9. The Morgan fingerprint density at radius 3 is 2.45 bits per heavy atom. The highest BCUT2D eigenvalue weighted by molar-refractivity contribution is 6.32. The fraction of sp³-hybridized carbons (Fsp3) is 0.250. The van der Waals surface area contributed by atoms with Gasteiger partial charge in [0.05, 0.1) is 24.5 Å². The van der Waals surface area contributed by atoms with Gasteiger partial charge in [0.2, 0.25) is 0 Å². The first-order valence-electron chi connectivity index (χ1n) is 8.78. The second kappa shape index (κ2) is 11.3. The first-order valence-corrected chi connectivity index (χ1v) is 9.53. The van der Waals surface area contributed by atoms with E-state index in [0.29, 0.717) is 28.5 Å². The molecule has 0 heterocycles. The molecule has 154 valence electrons. The summed E-state index contributed by atoms with van der Waals surface area (Å²) in [5.74, 6) is -0.330. The van der Waals surface area contributed by atoms with E-state index in [-0.39, 0.29) is 29.9 Å². The largest absolute Gasteiger partial charge is 0.490 e. The molecule has 0 radical (unpaired) electrons. The number of ether oxygens (including phenoxy) is 3. The highest BCUT2D eigenvalue weighted by Crippen LogP contribution is 2.36. The van der Waals surface area contributed by atoms with E-state index in [0.717, 1.165) is 0 Å². The molecule has 0 saturated heterocycles. The number of nitrogens with one attached hydrogen (secondary N) is 1. The van der Waals surface area contributed by atoms with Crippen molar-refractivity contribution in [2.24, 2.45) is 5.10 Å². The first-order chi connectivity index (χ1) is 13.9. The maximum Gasteiger partial charge on any atom is 0.344 e. The van der Waals surface area contributed by atoms with Crippen LogP contribution in [0.4, 0.5) is 0 Å². The van der Waals surface area contributed by atoms with Crippen LogP contribution in [0, 0.1) is 0 Å². The molecule has 0 spiro atoms. The summed E-state index contributed by atoms with van der Waals surface area (Å²) in [6.07, 6.45) is 1.41. The minimum absolute atomic E-state index is 0.226. The van der Waals surface area contributed by atoms with Gasteiger partial charge in [0.15, 0.2) is 18.1 Å². The summed E-state index contributed by atoms with van der Waals surface area (Å²) in [6, 6.07) is 9.61. The van der Waals surface area contributed by atoms with Gasteiger partial charge in [-0.05, 0) is 55.8 Å². The number of benzene rings is 2. The molecule has 0 unspecified atom stereocenters. The molecular formula is C20H20Cl2N2O5. The number of hydrogen-bond acceptors (Lipinski definition) is 6. The van der Waals surface area contributed by atoms with Gasteiger partial charge in [0.1, 0.15) is 0 Å². The Morgan fingerprint density at radius 2 is 1.79 bits per heavy atom. The monoisotopic (exact) mass is 438 g/mol. The minimum Gasteiger partial charge on any atom is -0.490 e. The normalized spacial score (nSPS) is 10.6. The van der Waals surface area contributed by atoms with E-state index in [1.54, 1.807) is 50.2 Å². The molecule has 1 amide bonds. The van der Waals surface area contributed by atoms with Crippen molar-refractivity contribution in [3.05, 3.63) is 57.6 Å². The van der Waals surface area contributed by atoms with Crippen molar-refractivity contribution < 1.29 is 23.8 Å². The van der Waals surface area contributed by atoms with E-state index in [9.17, 15) is 9.59 Å². The number of carbonyl (C=O) groups is 2. The molecule has 0 aliphatic carbocycles. The third-order valence-corrected chi connectivity index (χ3v) is 3.99. The van der Waals surface area contributed by atoms with Crippen molar-refractivity contribution in [2.45, 2.75) is 13.8 Å². The van der Waals surface area contributed by atoms with Crippen molar-refractivity contribution >= 4 is 41.3 Å². The van der Waals surface area contributed by atoms with Crippen LogP contribution in [0.1, 0.15) is 29.8 Å². The van der Waals surface area contributed by atoms with Crippen LogP contribution in [0.5, 0.6) is 11.5 Å². The standard InChI is InChI=1S/C20H20Cl2N2O5/c1-3-27-17-10-13(9-16(22)19(17)29-12-18(25)28-4-2)11-23-24-20(26)14-5-7-15(21)8-6-14/h5-11H,3-4,12H2,1-2H3,(H,24,26)/b23-11-. The predicted molar refractivity (Wildman–Crippen MR) is 111 cm³/mol. The van der Waals surface area contributed by atoms with Crippen molar-refractivity contribution in [1.82, 2.24) is 5.43 Å². The lowest BCUT2D eigenvalue weighted by Gasteiger charge is -2.14. The number of carbonyl (C=O) groups excluding carboxylic acids is 2. The summed E-state index contributed by atoms with van der Waals surface area (Å²) in [6.45, 7) is 3.83. The number of nitrogens with zero attached hydrogens (tertiary/aromatic N) is 1. The van der Waals surface area contributed by atoms with Crippen molar-refractivity contribution in [2.75, 3.05) is 19.8 Å². The van der Waals surface area contributed by atoms with E-state index in [4.69, 9.17) is 37.4 Å². The maximum atomic E-state index is 12.1. The summed E-state index contributed by atoms with van der Waals surface area (Å²) >= 11 is 12.1. The Kier molecular flexibility index (Phi) is 8.76. The molecule has 0 bridgehead atoms. The van der Waals surface area contributed by atoms with Crippen molar-refractivity contribution in [3.8, 4) is 11.5 Å². The van der Waals surface area contributed by atoms with E-state index in [1.807, 2.05) is 0 Å². The molecule has 7 nitrogen and oxygen atoms in total. The summed E-state index contributed by atoms with van der Waals surface area (Å²) in [4.78, 5) is 23.6. The van der Waals surface area contributed by atoms with Crippen LogP contribution in [0.3, 0.4) is 0 Å². The topological polar surface area (TPSA) is 86.2 Å². The molecular weight excluding hydrogens is 419 g/mol. The van der Waals surface area contributed by atoms with Gasteiger partial charge in [-0.1, -0.05) is 23.2 Å². The number of hydrogen-bond donors (Lipinski definition) is 1. The second-order valence-electron chi connectivity index (χ2n) is 5.56. The molecule has 0 atom stereocenters. The van der Waals surface area contributed by atoms with E-state index < -0.39 is 5.97 Å². The SMILES string of the molecule is CCOC(=O)COc1c(Cl)cc(/C=N\NC(=O)c2ccc(Cl)cc2)cc1OCC. The summed E-state index contributed by atoms with van der Waals surface area (Å²) in [5.41, 5.74) is 3.40. The van der Waals surface area contributed by atoms with Crippen LogP contribution in [0.15, 0.2) is 41.5 Å². The zero-order valence-corrected chi connectivity index (χ0v) is 17.4. The average molecular weight is 439 g/mol. The van der Waals surface area contributed by atoms with Crippen LogP contribution in [0.25, 0.3) is 0 Å². The Labute approximate surface area is 178 Å². The Hall–Kier alpha value is -2.77. The molecule has 1 N–H and O–H groups in total. The first kappa shape index (κ1) is 22.5. The van der Waals surface area contributed by atoms with E-state index in [1.165, 1.54) is 6.21 Å². The van der Waals surface area contributed by atoms with Gasteiger partial charge < -0.3 is 14.2 Å². The summed E-state index contributed by atoms with van der Waals surface area (Å²) < 4.78 is 15.8. The van der Waals surface area contributed by atoms with Gasteiger partial charge in [0, 0.05) is 10.6 Å². The fourth-order valence-corrected chi connectivity index (χ4v) is 2.63. The minimum atomic E-state index is -0.512. The van der Waals surface area contributed by atoms with Crippen LogP contribution < -0.4 is 14.9 Å². The van der Waals surface area contributed by atoms with Gasteiger partial charge >= 0.3 is 5.97 Å². The smallest absolute Gasteiger partial charge is 0.344 e. The molecule has 2 aromatic carbocycles. The van der Waals surface area contributed by atoms with E-state index in [2.05, 4.69) is 10.5 Å². The van der Waals surface area contributed by atoms with Crippen molar-refractivity contribution in [3.63, 3.8) is 0 Å². The lowest BCUT2D eigenvalue weighted by Crippen LogP contribution is -2.17. The number of esters is 1. The van der Waals surface area contributed by atoms with Gasteiger partial charge in [-0.3, -0.25) is 4.79 Å². The molecule has 2 aromatic rings. The third-order valence-electron chi connectivity index (χ3n) is 3.46. The molecule has 0 fully saturated rings. The highest BCUT2D eigenvalue weighted by atomic mass is 35.5. The van der Waals surface area contributed by atoms with Gasteiger partial charge in [-0.2, -0.15) is 5.10 Å². The van der Waals surface area contributed by atoms with Gasteiger partial charge in [0.25, 0.3) is 5.91 Å². The zero-order chi connectivity index (χ0) is 21.2. The van der Waals surface area contributed by atoms with Crippen molar-refractivity contribution in [1.29, 1.82) is 0 Å². The Bertz CT molecular complexity index is 885. The average Bonchev–Trinajstić information content (AvgIpc) is 2.68. The number of halogens is 2. The number of amides is 1. The Balaban J connectivity index is 2.10. The molecule has 9 heteroatoms. The predicted octanol–water partition coefficient (Wildman–Crippen LogP) is 4.10. The number of hydrazone groups is 1. The molecule has 0 aliphatic heterocycles. The fourth-order valence-electron chi connectivity index (χ4n) is 2.23. The lowest BCUT2D eigenvalue weighted by molar-refractivity contribution is -0.145. The molecule has 2 rings (SSSR count). The Morgan fingerprint density at radius 1 is 1.07 bits per heavy atom. The highest BCUT2D eigenvalue weighted by Gasteiger charge is 2.14. The van der Waals surface area contributed by atoms with Crippen LogP contribution in [-0.2, 0) is 9.53 Å². The molecule has 0 aliphatic rings. The van der Waals surface area contributed by atoms with Gasteiger partial charge in [-0.25, -0.2) is 10.2 Å². The van der Waals surface area contributed by atoms with E-state index >= 15 is 0 Å². The van der Waals surface area contributed by atoms with Crippen LogP contribution >= 0.6 is 23.2 Å². The quantitative estimate of drug-likeness (QED) is 0.361. The maximum absolute atomic E-state index is 12.1. The molecule has 0 saturated carbocycles. The molecule has 29 heavy (non-hydrogen) atoms. The van der Waals surface area contributed by atoms with Crippen LogP contribution in [-0.4, -0.2) is 37.9 Å². The van der Waals surface area contributed by atoms with Gasteiger partial charge in [-0.15, -0.1) is 0 Å². The second-order valence-corrected chi connectivity index (χ2v) is 6.41. The van der Waals surface area contributed by atoms with Crippen LogP contribution in [0.2, 0.25) is 10.0 Å². The molecule has 0 aromatic heterocycles.